The molecule has 0 fully saturated rings. The Morgan fingerprint density at radius 1 is 0.374 bits per heavy atom. The van der Waals surface area contributed by atoms with Crippen molar-refractivity contribution in [2.24, 2.45) is 0 Å². The Morgan fingerprint density at radius 3 is 0.857 bits per heavy atom. The van der Waals surface area contributed by atoms with Crippen molar-refractivity contribution in [1.82, 2.24) is 5.32 Å². The number of quaternary nitrogens is 1. The van der Waals surface area contributed by atoms with E-state index in [1.54, 1.807) is 0 Å². The number of likely N-dealkylation sites (N-methyl/N-ethyl adjacent to an activating group) is 1. The van der Waals surface area contributed by atoms with Gasteiger partial charge in [-0.1, -0.05) is 424 Å². The van der Waals surface area contributed by atoms with Crippen LogP contribution in [0.15, 0.2) is 12.2 Å². The van der Waals surface area contributed by atoms with E-state index in [2.05, 4.69) is 31.3 Å². The summed E-state index contributed by atoms with van der Waals surface area (Å²) in [5, 5.41) is 14.2. The highest BCUT2D eigenvalue weighted by Gasteiger charge is 2.24. The highest BCUT2D eigenvalue weighted by molar-refractivity contribution is 7.45. The van der Waals surface area contributed by atoms with E-state index >= 15 is 0 Å². The molecule has 0 saturated heterocycles. The zero-order valence-corrected chi connectivity index (χ0v) is 63.5. The number of carbonyl (C=O) groups excluding carboxylic acids is 1. The van der Waals surface area contributed by atoms with Crippen LogP contribution in [-0.2, 0) is 18.4 Å². The number of hydrogen-bond acceptors (Lipinski definition) is 6. The lowest BCUT2D eigenvalue weighted by molar-refractivity contribution is -0.870. The van der Waals surface area contributed by atoms with E-state index in [4.69, 9.17) is 9.05 Å². The number of phosphoric acid groups is 1. The average molecular weight is 1310 g/mol. The molecule has 0 radical (unpaired) electrons. The molecule has 1 amide bonds. The Hall–Kier alpha value is -0.760. The topological polar surface area (TPSA) is 108 Å². The molecule has 0 aromatic rings. The predicted molar refractivity (Wildman–Crippen MR) is 399 cm³/mol. The third-order valence-corrected chi connectivity index (χ3v) is 20.7. The first-order valence-corrected chi connectivity index (χ1v) is 43.0. The summed E-state index contributed by atoms with van der Waals surface area (Å²) in [6.45, 7) is 4.80. The lowest BCUT2D eigenvalue weighted by Crippen LogP contribution is -2.46. The highest BCUT2D eigenvalue weighted by Crippen LogP contribution is 2.38. The van der Waals surface area contributed by atoms with Crippen molar-refractivity contribution in [3.63, 3.8) is 0 Å². The summed E-state index contributed by atoms with van der Waals surface area (Å²) in [4.78, 5) is 25.8. The van der Waals surface area contributed by atoms with Gasteiger partial charge in [0.1, 0.15) is 13.2 Å². The largest absolute Gasteiger partial charge is 0.756 e. The molecule has 0 aliphatic carbocycles. The number of aliphatic hydroxyl groups excluding tert-OH is 1. The Balaban J connectivity index is 3.87. The minimum atomic E-state index is -4.58. The maximum atomic E-state index is 13.1. The second-order valence-corrected chi connectivity index (χ2v) is 31.6. The molecule has 0 aromatic heterocycles. The van der Waals surface area contributed by atoms with E-state index in [1.807, 2.05) is 21.1 Å². The van der Waals surface area contributed by atoms with Gasteiger partial charge in [0.15, 0.2) is 0 Å². The highest BCUT2D eigenvalue weighted by atomic mass is 31.2. The number of nitrogens with zero attached hydrogens (tertiary/aromatic N) is 1. The van der Waals surface area contributed by atoms with Crippen molar-refractivity contribution >= 4 is 13.7 Å². The molecule has 8 nitrogen and oxygen atoms in total. The van der Waals surface area contributed by atoms with Crippen LogP contribution >= 0.6 is 7.82 Å². The van der Waals surface area contributed by atoms with Gasteiger partial charge in [-0.25, -0.2) is 0 Å². The number of amides is 1. The fourth-order valence-electron chi connectivity index (χ4n) is 13.3. The van der Waals surface area contributed by atoms with Gasteiger partial charge in [-0.05, 0) is 38.5 Å². The van der Waals surface area contributed by atoms with Gasteiger partial charge >= 0.3 is 0 Å². The van der Waals surface area contributed by atoms with Gasteiger partial charge in [0.2, 0.25) is 5.91 Å². The van der Waals surface area contributed by atoms with Gasteiger partial charge < -0.3 is 28.8 Å². The van der Waals surface area contributed by atoms with E-state index in [-0.39, 0.29) is 19.1 Å². The second-order valence-electron chi connectivity index (χ2n) is 30.2. The molecule has 0 aromatic carbocycles. The standard InChI is InChI=1S/C82H165N2O6P/c1-6-8-10-12-14-16-18-20-22-24-26-28-30-32-34-36-38-39-40-41-42-43-44-45-46-48-50-52-54-56-58-60-62-64-66-68-70-72-74-76-82(86)83-80(79-90-91(87,88)89-78-77-84(3,4)5)81(85)75-73-71-69-67-65-63-61-59-57-55-53-51-49-47-37-35-33-31-29-27-25-23-21-19-17-15-13-11-9-7-2/h24,26,80-81,85H,6-23,25,27-79H2,1-5H3,(H-,83,86,87,88)/b26-24-. The van der Waals surface area contributed by atoms with Crippen LogP contribution in [0, 0.1) is 0 Å². The maximum absolute atomic E-state index is 13.1. The number of hydrogen-bond donors (Lipinski definition) is 2. The zero-order valence-electron chi connectivity index (χ0n) is 62.6. The Bertz CT molecular complexity index is 1490. The van der Waals surface area contributed by atoms with Gasteiger partial charge in [-0.3, -0.25) is 9.36 Å². The molecule has 0 heterocycles. The number of rotatable bonds is 79. The summed E-state index contributed by atoms with van der Waals surface area (Å²) in [5.74, 6) is -0.152. The van der Waals surface area contributed by atoms with Crippen molar-refractivity contribution in [3.05, 3.63) is 12.2 Å². The third-order valence-electron chi connectivity index (χ3n) is 19.8. The minimum absolute atomic E-state index is 0.0165. The third kappa shape index (κ3) is 76.5. The lowest BCUT2D eigenvalue weighted by Gasteiger charge is -2.30. The van der Waals surface area contributed by atoms with Crippen molar-refractivity contribution in [3.8, 4) is 0 Å². The van der Waals surface area contributed by atoms with Crippen LogP contribution in [0.3, 0.4) is 0 Å². The van der Waals surface area contributed by atoms with Crippen LogP contribution in [0.5, 0.6) is 0 Å². The minimum Gasteiger partial charge on any atom is -0.756 e. The normalized spacial score (nSPS) is 13.4. The molecule has 3 atom stereocenters. The van der Waals surface area contributed by atoms with Gasteiger partial charge in [0.25, 0.3) is 7.82 Å². The van der Waals surface area contributed by atoms with Crippen LogP contribution in [-0.4, -0.2) is 68.5 Å². The molecule has 544 valence electrons. The van der Waals surface area contributed by atoms with E-state index in [0.29, 0.717) is 23.9 Å². The molecule has 2 N–H and O–H groups in total. The predicted octanol–water partition coefficient (Wildman–Crippen LogP) is 26.6. The second kappa shape index (κ2) is 73.5. The van der Waals surface area contributed by atoms with Gasteiger partial charge in [0, 0.05) is 6.42 Å². The first-order chi connectivity index (χ1) is 44.5. The molecule has 0 rings (SSSR count). The van der Waals surface area contributed by atoms with Crippen LogP contribution in [0.1, 0.15) is 457 Å². The molecule has 9 heteroatoms. The Labute approximate surface area is 571 Å². The molecule has 0 saturated carbocycles. The maximum Gasteiger partial charge on any atom is 0.268 e. The van der Waals surface area contributed by atoms with Gasteiger partial charge in [0.05, 0.1) is 39.9 Å². The number of nitrogens with one attached hydrogen (secondary N) is 1. The van der Waals surface area contributed by atoms with Crippen molar-refractivity contribution < 1.29 is 32.9 Å². The van der Waals surface area contributed by atoms with Crippen molar-refractivity contribution in [2.75, 3.05) is 40.9 Å². The Kier molecular flexibility index (Phi) is 72.9. The van der Waals surface area contributed by atoms with Gasteiger partial charge in [-0.2, -0.15) is 0 Å². The molecule has 91 heavy (non-hydrogen) atoms. The summed E-state index contributed by atoms with van der Waals surface area (Å²) >= 11 is 0. The van der Waals surface area contributed by atoms with Crippen LogP contribution in [0.25, 0.3) is 0 Å². The number of carbonyl (C=O) groups is 1. The van der Waals surface area contributed by atoms with Crippen LogP contribution in [0.2, 0.25) is 0 Å². The average Bonchev–Trinajstić information content (AvgIpc) is 3.58. The quantitative estimate of drug-likeness (QED) is 0.0272. The smallest absolute Gasteiger partial charge is 0.268 e. The van der Waals surface area contributed by atoms with E-state index in [1.165, 1.54) is 392 Å². The van der Waals surface area contributed by atoms with Crippen molar-refractivity contribution in [2.45, 2.75) is 469 Å². The van der Waals surface area contributed by atoms with Crippen molar-refractivity contribution in [1.29, 1.82) is 0 Å². The number of aliphatic hydroxyl groups is 1. The Morgan fingerprint density at radius 2 is 0.604 bits per heavy atom. The fourth-order valence-corrected chi connectivity index (χ4v) is 14.1. The molecule has 0 aliphatic rings. The molecule has 3 unspecified atom stereocenters. The van der Waals surface area contributed by atoms with Gasteiger partial charge in [-0.15, -0.1) is 0 Å². The number of phosphoric ester groups is 1. The summed E-state index contributed by atoms with van der Waals surface area (Å²) in [6, 6.07) is -0.799. The van der Waals surface area contributed by atoms with E-state index < -0.39 is 20.0 Å². The zero-order chi connectivity index (χ0) is 66.2. The molecule has 0 bridgehead atoms. The lowest BCUT2D eigenvalue weighted by atomic mass is 10.0. The van der Waals surface area contributed by atoms with Crippen LogP contribution in [0.4, 0.5) is 0 Å². The van der Waals surface area contributed by atoms with E-state index in [0.717, 1.165) is 38.5 Å². The summed E-state index contributed by atoms with van der Waals surface area (Å²) in [7, 11) is 1.33. The number of unbranched alkanes of at least 4 members (excludes halogenated alkanes) is 64. The molecule has 0 spiro atoms. The molecular weight excluding hydrogens is 1140 g/mol. The monoisotopic (exact) mass is 1310 g/mol. The first kappa shape index (κ1) is 90.2. The number of allylic oxidation sites excluding steroid dienone is 2. The van der Waals surface area contributed by atoms with Crippen LogP contribution < -0.4 is 10.2 Å². The summed E-state index contributed by atoms with van der Waals surface area (Å²) in [6.07, 6.45) is 96.4. The SMILES string of the molecule is CCCCCCCCCC/C=C\CCCCCCCCCCCCCCCCCCCCCCCCCCCCCC(=O)NC(COP(=O)([O-])OCC[N+](C)(C)C)C(O)CCCCCCCCCCCCCCCCCCCCCCCCCCCCCCCC. The molecular formula is C82H165N2O6P. The summed E-state index contributed by atoms with van der Waals surface area (Å²) < 4.78 is 23.6. The molecule has 0 aliphatic heterocycles. The fraction of sp³-hybridized carbons (Fsp3) is 0.963. The first-order valence-electron chi connectivity index (χ1n) is 41.5. The summed E-state index contributed by atoms with van der Waals surface area (Å²) in [5.41, 5.74) is 0. The van der Waals surface area contributed by atoms with E-state index in [9.17, 15) is 19.4 Å².